The lowest BCUT2D eigenvalue weighted by Gasteiger charge is -2.13. The maximum absolute atomic E-state index is 13.8. The largest absolute Gasteiger partial charge is 0.338 e. The van der Waals surface area contributed by atoms with E-state index >= 15 is 0 Å². The molecule has 0 unspecified atom stereocenters. The molecule has 1 aromatic carbocycles. The standard InChI is InChI=1S/C18H19FN4.2C2H6/c1-5-6-14(11(2)3)21-18-16-9-20-10-23(16)17-12(4)7-13(19)8-15(17)22-18;2*1-2/h5-10H,1-4H3,(H,21,22);2*1-2H3/b6-5-;;. The number of aromatic nitrogens is 3. The molecule has 0 bridgehead atoms. The molecule has 2 heterocycles. The molecule has 0 atom stereocenters. The lowest BCUT2D eigenvalue weighted by atomic mass is 10.2. The highest BCUT2D eigenvalue weighted by atomic mass is 19.1. The van der Waals surface area contributed by atoms with Crippen LogP contribution in [-0.4, -0.2) is 14.4 Å². The Morgan fingerprint density at radius 2 is 1.81 bits per heavy atom. The first-order valence-electron chi connectivity index (χ1n) is 9.50. The number of imidazole rings is 1. The van der Waals surface area contributed by atoms with Gasteiger partial charge in [0.05, 0.1) is 23.6 Å². The van der Waals surface area contributed by atoms with E-state index in [-0.39, 0.29) is 5.82 Å². The zero-order valence-corrected chi connectivity index (χ0v) is 17.7. The second-order valence-corrected chi connectivity index (χ2v) is 5.74. The average Bonchev–Trinajstić information content (AvgIpc) is 3.13. The third kappa shape index (κ3) is 4.94. The SMILES string of the molecule is C/C=C\C(Nc1nc2cc(F)cc(C)c2n2cncc12)=C(C)C.CC.CC. The molecular weight excluding hydrogens is 339 g/mol. The normalized spacial score (nSPS) is 10.3. The van der Waals surface area contributed by atoms with Gasteiger partial charge in [-0.15, -0.1) is 0 Å². The third-order valence-electron chi connectivity index (χ3n) is 3.72. The summed E-state index contributed by atoms with van der Waals surface area (Å²) < 4.78 is 15.7. The fourth-order valence-electron chi connectivity index (χ4n) is 2.66. The van der Waals surface area contributed by atoms with Crippen LogP contribution in [0.5, 0.6) is 0 Å². The van der Waals surface area contributed by atoms with E-state index in [9.17, 15) is 4.39 Å². The summed E-state index contributed by atoms with van der Waals surface area (Å²) >= 11 is 0. The zero-order chi connectivity index (χ0) is 20.6. The van der Waals surface area contributed by atoms with Gasteiger partial charge in [0.25, 0.3) is 0 Å². The van der Waals surface area contributed by atoms with Gasteiger partial charge < -0.3 is 5.32 Å². The number of hydrogen-bond donors (Lipinski definition) is 1. The summed E-state index contributed by atoms with van der Waals surface area (Å²) in [6.45, 7) is 15.9. The zero-order valence-electron chi connectivity index (χ0n) is 17.7. The summed E-state index contributed by atoms with van der Waals surface area (Å²) in [7, 11) is 0. The Kier molecular flexibility index (Phi) is 8.66. The number of benzene rings is 1. The van der Waals surface area contributed by atoms with Gasteiger partial charge in [-0.2, -0.15) is 0 Å². The molecule has 2 aromatic heterocycles. The van der Waals surface area contributed by atoms with Gasteiger partial charge in [0, 0.05) is 11.8 Å². The van der Waals surface area contributed by atoms with Crippen molar-refractivity contribution >= 4 is 22.4 Å². The van der Waals surface area contributed by atoms with Crippen LogP contribution < -0.4 is 5.32 Å². The van der Waals surface area contributed by atoms with Gasteiger partial charge in [-0.05, 0) is 45.4 Å². The Labute approximate surface area is 161 Å². The molecule has 0 aliphatic carbocycles. The van der Waals surface area contributed by atoms with Crippen LogP contribution in [-0.2, 0) is 0 Å². The van der Waals surface area contributed by atoms with E-state index in [1.54, 1.807) is 12.5 Å². The highest BCUT2D eigenvalue weighted by molar-refractivity contribution is 5.87. The van der Waals surface area contributed by atoms with Gasteiger partial charge in [0.1, 0.15) is 11.3 Å². The van der Waals surface area contributed by atoms with Crippen molar-refractivity contribution in [3.8, 4) is 0 Å². The number of rotatable bonds is 3. The van der Waals surface area contributed by atoms with Crippen LogP contribution in [0.15, 0.2) is 48.1 Å². The molecule has 0 amide bonds. The summed E-state index contributed by atoms with van der Waals surface area (Å²) in [6.07, 6.45) is 7.45. The summed E-state index contributed by atoms with van der Waals surface area (Å²) in [6, 6.07) is 2.96. The molecule has 0 fully saturated rings. The van der Waals surface area contributed by atoms with Gasteiger partial charge >= 0.3 is 0 Å². The number of anilines is 1. The van der Waals surface area contributed by atoms with Crippen LogP contribution in [0.1, 0.15) is 54.0 Å². The first kappa shape index (κ1) is 22.4. The Morgan fingerprint density at radius 3 is 2.41 bits per heavy atom. The lowest BCUT2D eigenvalue weighted by Crippen LogP contribution is -2.05. The van der Waals surface area contributed by atoms with Crippen molar-refractivity contribution in [3.05, 3.63) is 59.5 Å². The maximum Gasteiger partial charge on any atom is 0.157 e. The van der Waals surface area contributed by atoms with Gasteiger partial charge in [-0.1, -0.05) is 39.3 Å². The highest BCUT2D eigenvalue weighted by Crippen LogP contribution is 2.26. The number of nitrogens with one attached hydrogen (secondary N) is 1. The number of halogens is 1. The molecule has 0 radical (unpaired) electrons. The average molecular weight is 371 g/mol. The van der Waals surface area contributed by atoms with Crippen LogP contribution >= 0.6 is 0 Å². The van der Waals surface area contributed by atoms with Crippen LogP contribution in [0.4, 0.5) is 10.2 Å². The maximum atomic E-state index is 13.8. The second kappa shape index (κ2) is 10.5. The summed E-state index contributed by atoms with van der Waals surface area (Å²) in [4.78, 5) is 8.85. The Morgan fingerprint density at radius 1 is 1.15 bits per heavy atom. The van der Waals surface area contributed by atoms with Gasteiger partial charge in [0.2, 0.25) is 0 Å². The third-order valence-corrected chi connectivity index (χ3v) is 3.72. The molecule has 0 aliphatic rings. The first-order chi connectivity index (χ1) is 13.0. The minimum absolute atomic E-state index is 0.288. The Balaban J connectivity index is 0.000000855. The minimum Gasteiger partial charge on any atom is -0.338 e. The van der Waals surface area contributed by atoms with Gasteiger partial charge in [-0.3, -0.25) is 4.40 Å². The van der Waals surface area contributed by atoms with E-state index in [4.69, 9.17) is 0 Å². The number of allylic oxidation sites excluding steroid dienone is 3. The van der Waals surface area contributed by atoms with Crippen molar-refractivity contribution < 1.29 is 4.39 Å². The monoisotopic (exact) mass is 370 g/mol. The molecule has 0 aliphatic heterocycles. The fourth-order valence-corrected chi connectivity index (χ4v) is 2.66. The fraction of sp³-hybridized carbons (Fsp3) is 0.364. The molecule has 4 nitrogen and oxygen atoms in total. The van der Waals surface area contributed by atoms with Crippen molar-refractivity contribution in [3.63, 3.8) is 0 Å². The molecule has 0 saturated carbocycles. The predicted octanol–water partition coefficient (Wildman–Crippen LogP) is 6.66. The highest BCUT2D eigenvalue weighted by Gasteiger charge is 2.12. The van der Waals surface area contributed by atoms with Crippen LogP contribution in [0.25, 0.3) is 16.6 Å². The summed E-state index contributed by atoms with van der Waals surface area (Å²) in [5.41, 5.74) is 5.26. The molecule has 0 saturated heterocycles. The minimum atomic E-state index is -0.288. The molecule has 146 valence electrons. The van der Waals surface area contributed by atoms with Crippen molar-refractivity contribution in [2.45, 2.75) is 55.4 Å². The van der Waals surface area contributed by atoms with E-state index in [1.165, 1.54) is 12.1 Å². The number of hydrogen-bond acceptors (Lipinski definition) is 3. The van der Waals surface area contributed by atoms with Gasteiger partial charge in [-0.25, -0.2) is 14.4 Å². The molecule has 0 spiro atoms. The van der Waals surface area contributed by atoms with E-state index in [0.29, 0.717) is 11.3 Å². The van der Waals surface area contributed by atoms with Gasteiger partial charge in [0.15, 0.2) is 5.82 Å². The van der Waals surface area contributed by atoms with E-state index < -0.39 is 0 Å². The van der Waals surface area contributed by atoms with E-state index in [1.807, 2.05) is 71.9 Å². The van der Waals surface area contributed by atoms with Crippen molar-refractivity contribution in [1.82, 2.24) is 14.4 Å². The number of nitrogens with zero attached hydrogens (tertiary/aromatic N) is 3. The molecule has 3 rings (SSSR count). The smallest absolute Gasteiger partial charge is 0.157 e. The summed E-state index contributed by atoms with van der Waals surface area (Å²) in [5, 5.41) is 3.34. The van der Waals surface area contributed by atoms with Crippen LogP contribution in [0.2, 0.25) is 0 Å². The molecule has 5 heteroatoms. The van der Waals surface area contributed by atoms with Crippen molar-refractivity contribution in [2.75, 3.05) is 5.32 Å². The molecular formula is C22H31FN4. The molecule has 1 N–H and O–H groups in total. The van der Waals surface area contributed by atoms with Crippen molar-refractivity contribution in [1.29, 1.82) is 0 Å². The number of aryl methyl sites for hydroxylation is 1. The Bertz CT molecular complexity index is 948. The lowest BCUT2D eigenvalue weighted by molar-refractivity contribution is 0.628. The quantitative estimate of drug-likeness (QED) is 0.524. The Hall–Kier alpha value is -2.69. The van der Waals surface area contributed by atoms with E-state index in [0.717, 1.165) is 27.9 Å². The molecule has 3 aromatic rings. The molecule has 27 heavy (non-hydrogen) atoms. The first-order valence-corrected chi connectivity index (χ1v) is 9.50. The second-order valence-electron chi connectivity index (χ2n) is 5.74. The van der Waals surface area contributed by atoms with Crippen molar-refractivity contribution in [2.24, 2.45) is 0 Å². The van der Waals surface area contributed by atoms with E-state index in [2.05, 4.69) is 15.3 Å². The topological polar surface area (TPSA) is 42.2 Å². The summed E-state index contributed by atoms with van der Waals surface area (Å²) in [5.74, 6) is 0.373. The van der Waals surface area contributed by atoms with Crippen LogP contribution in [0.3, 0.4) is 0 Å². The predicted molar refractivity (Wildman–Crippen MR) is 115 cm³/mol. The number of fused-ring (bicyclic) bond motifs is 3. The van der Waals surface area contributed by atoms with Crippen LogP contribution in [0, 0.1) is 12.7 Å².